The van der Waals surface area contributed by atoms with Gasteiger partial charge < -0.3 is 5.32 Å². The molecule has 1 aromatic rings. The average molecular weight is 287 g/mol. The Morgan fingerprint density at radius 3 is 2.90 bits per heavy atom. The molecular formula is C18H29N3. The summed E-state index contributed by atoms with van der Waals surface area (Å²) in [5.41, 5.74) is 1.43. The molecule has 1 saturated heterocycles. The van der Waals surface area contributed by atoms with E-state index >= 15 is 0 Å². The first-order valence-electron chi connectivity index (χ1n) is 8.84. The standard InChI is InChI=1S/C18H29N3/c1-2-3-13-21-14-5-4-11-17(21)16-10-7-12-19-18(16)20-15-8-6-9-15/h7,10,12,15,17H,2-6,8-9,11,13-14H2,1H3,(H,19,20)/t17-/m1/s1. The van der Waals surface area contributed by atoms with Crippen LogP contribution in [0.3, 0.4) is 0 Å². The van der Waals surface area contributed by atoms with Crippen molar-refractivity contribution in [2.45, 2.75) is 70.4 Å². The molecule has 1 N–H and O–H groups in total. The van der Waals surface area contributed by atoms with Gasteiger partial charge in [-0.25, -0.2) is 4.98 Å². The van der Waals surface area contributed by atoms with Crippen molar-refractivity contribution >= 4 is 5.82 Å². The molecule has 1 saturated carbocycles. The lowest BCUT2D eigenvalue weighted by atomic mass is 9.91. The number of nitrogens with zero attached hydrogens (tertiary/aromatic N) is 2. The Kier molecular flexibility index (Phi) is 5.13. The van der Waals surface area contributed by atoms with Gasteiger partial charge in [-0.1, -0.05) is 25.8 Å². The number of piperidine rings is 1. The second kappa shape index (κ2) is 7.26. The largest absolute Gasteiger partial charge is 0.367 e. The highest BCUT2D eigenvalue weighted by atomic mass is 15.2. The highest BCUT2D eigenvalue weighted by Crippen LogP contribution is 2.35. The van der Waals surface area contributed by atoms with Crippen molar-refractivity contribution in [1.29, 1.82) is 0 Å². The molecular weight excluding hydrogens is 258 g/mol. The van der Waals surface area contributed by atoms with Gasteiger partial charge in [0.25, 0.3) is 0 Å². The Labute approximate surface area is 129 Å². The third-order valence-corrected chi connectivity index (χ3v) is 5.06. The Morgan fingerprint density at radius 2 is 2.14 bits per heavy atom. The van der Waals surface area contributed by atoms with Crippen molar-refractivity contribution in [2.75, 3.05) is 18.4 Å². The van der Waals surface area contributed by atoms with Crippen LogP contribution in [-0.4, -0.2) is 29.0 Å². The molecule has 2 heterocycles. The molecule has 0 spiro atoms. The van der Waals surface area contributed by atoms with E-state index in [4.69, 9.17) is 0 Å². The lowest BCUT2D eigenvalue weighted by molar-refractivity contribution is 0.147. The summed E-state index contributed by atoms with van der Waals surface area (Å²) in [6, 6.07) is 5.63. The van der Waals surface area contributed by atoms with Crippen molar-refractivity contribution in [1.82, 2.24) is 9.88 Å². The van der Waals surface area contributed by atoms with Gasteiger partial charge in [0.15, 0.2) is 0 Å². The molecule has 0 radical (unpaired) electrons. The molecule has 3 heteroatoms. The number of nitrogens with one attached hydrogen (secondary N) is 1. The van der Waals surface area contributed by atoms with E-state index < -0.39 is 0 Å². The summed E-state index contributed by atoms with van der Waals surface area (Å²) >= 11 is 0. The van der Waals surface area contributed by atoms with E-state index in [0.29, 0.717) is 12.1 Å². The van der Waals surface area contributed by atoms with Crippen LogP contribution in [-0.2, 0) is 0 Å². The smallest absolute Gasteiger partial charge is 0.130 e. The first-order valence-corrected chi connectivity index (χ1v) is 8.84. The zero-order valence-corrected chi connectivity index (χ0v) is 13.4. The molecule has 1 aliphatic carbocycles. The second-order valence-corrected chi connectivity index (χ2v) is 6.61. The fourth-order valence-electron chi connectivity index (χ4n) is 3.53. The van der Waals surface area contributed by atoms with Gasteiger partial charge >= 0.3 is 0 Å². The molecule has 3 rings (SSSR count). The van der Waals surface area contributed by atoms with Gasteiger partial charge in [0.1, 0.15) is 5.82 Å². The van der Waals surface area contributed by atoms with E-state index in [1.54, 1.807) is 0 Å². The Hall–Kier alpha value is -1.09. The highest BCUT2D eigenvalue weighted by molar-refractivity contribution is 5.47. The van der Waals surface area contributed by atoms with Gasteiger partial charge in [-0.2, -0.15) is 0 Å². The minimum atomic E-state index is 0.571. The average Bonchev–Trinajstić information content (AvgIpc) is 2.50. The van der Waals surface area contributed by atoms with E-state index in [2.05, 4.69) is 34.3 Å². The van der Waals surface area contributed by atoms with Crippen molar-refractivity contribution in [3.63, 3.8) is 0 Å². The number of unbranched alkanes of at least 4 members (excludes halogenated alkanes) is 1. The molecule has 3 nitrogen and oxygen atoms in total. The minimum absolute atomic E-state index is 0.571. The summed E-state index contributed by atoms with van der Waals surface area (Å²) in [4.78, 5) is 7.34. The Balaban J connectivity index is 1.76. The van der Waals surface area contributed by atoms with Crippen LogP contribution in [0.5, 0.6) is 0 Å². The molecule has 0 bridgehead atoms. The molecule has 0 aromatic carbocycles. The molecule has 1 aromatic heterocycles. The maximum absolute atomic E-state index is 4.65. The van der Waals surface area contributed by atoms with E-state index in [0.717, 1.165) is 5.82 Å². The van der Waals surface area contributed by atoms with Gasteiger partial charge in [0.2, 0.25) is 0 Å². The maximum atomic E-state index is 4.65. The van der Waals surface area contributed by atoms with Gasteiger partial charge in [0.05, 0.1) is 0 Å². The molecule has 116 valence electrons. The third kappa shape index (κ3) is 3.57. The van der Waals surface area contributed by atoms with E-state index in [9.17, 15) is 0 Å². The zero-order chi connectivity index (χ0) is 14.5. The van der Waals surface area contributed by atoms with E-state index in [1.165, 1.54) is 70.0 Å². The predicted molar refractivity (Wildman–Crippen MR) is 88.6 cm³/mol. The molecule has 1 atom stereocenters. The lowest BCUT2D eigenvalue weighted by Crippen LogP contribution is -2.35. The van der Waals surface area contributed by atoms with Crippen LogP contribution in [0.15, 0.2) is 18.3 Å². The summed E-state index contributed by atoms with van der Waals surface area (Å²) in [5, 5.41) is 3.68. The van der Waals surface area contributed by atoms with Crippen LogP contribution >= 0.6 is 0 Å². The molecule has 0 amide bonds. The minimum Gasteiger partial charge on any atom is -0.367 e. The predicted octanol–water partition coefficient (Wildman–Crippen LogP) is 4.37. The van der Waals surface area contributed by atoms with Crippen molar-refractivity contribution in [2.24, 2.45) is 0 Å². The maximum Gasteiger partial charge on any atom is 0.130 e. The summed E-state index contributed by atoms with van der Waals surface area (Å²) in [6.07, 6.45) is 12.5. The number of pyridine rings is 1. The first-order chi connectivity index (χ1) is 10.4. The number of hydrogen-bond acceptors (Lipinski definition) is 3. The summed E-state index contributed by atoms with van der Waals surface area (Å²) in [5.74, 6) is 1.15. The van der Waals surface area contributed by atoms with Crippen LogP contribution in [0, 0.1) is 0 Å². The first kappa shape index (κ1) is 14.8. The lowest BCUT2D eigenvalue weighted by Gasteiger charge is -2.37. The molecule has 2 fully saturated rings. The van der Waals surface area contributed by atoms with Gasteiger partial charge in [0, 0.05) is 23.8 Å². The van der Waals surface area contributed by atoms with Crippen LogP contribution < -0.4 is 5.32 Å². The summed E-state index contributed by atoms with van der Waals surface area (Å²) in [7, 11) is 0. The second-order valence-electron chi connectivity index (χ2n) is 6.61. The van der Waals surface area contributed by atoms with Crippen molar-refractivity contribution in [3.8, 4) is 0 Å². The monoisotopic (exact) mass is 287 g/mol. The Bertz CT molecular complexity index is 442. The fraction of sp³-hybridized carbons (Fsp3) is 0.722. The summed E-state index contributed by atoms with van der Waals surface area (Å²) in [6.45, 7) is 4.77. The fourth-order valence-corrected chi connectivity index (χ4v) is 3.53. The van der Waals surface area contributed by atoms with E-state index in [-0.39, 0.29) is 0 Å². The van der Waals surface area contributed by atoms with Crippen molar-refractivity contribution < 1.29 is 0 Å². The number of rotatable bonds is 6. The summed E-state index contributed by atoms with van der Waals surface area (Å²) < 4.78 is 0. The molecule has 0 unspecified atom stereocenters. The highest BCUT2D eigenvalue weighted by Gasteiger charge is 2.27. The van der Waals surface area contributed by atoms with Gasteiger partial charge in [-0.3, -0.25) is 4.90 Å². The van der Waals surface area contributed by atoms with E-state index in [1.807, 2.05) is 6.20 Å². The van der Waals surface area contributed by atoms with Gasteiger partial charge in [-0.15, -0.1) is 0 Å². The third-order valence-electron chi connectivity index (χ3n) is 5.06. The number of likely N-dealkylation sites (tertiary alicyclic amines) is 1. The Morgan fingerprint density at radius 1 is 1.24 bits per heavy atom. The quantitative estimate of drug-likeness (QED) is 0.842. The van der Waals surface area contributed by atoms with Crippen LogP contribution in [0.2, 0.25) is 0 Å². The van der Waals surface area contributed by atoms with Crippen molar-refractivity contribution in [3.05, 3.63) is 23.9 Å². The number of anilines is 1. The molecule has 1 aliphatic heterocycles. The van der Waals surface area contributed by atoms with Gasteiger partial charge in [-0.05, 0) is 57.7 Å². The molecule has 2 aliphatic rings. The zero-order valence-electron chi connectivity index (χ0n) is 13.4. The normalized spacial score (nSPS) is 23.8. The van der Waals surface area contributed by atoms with Crippen LogP contribution in [0.4, 0.5) is 5.82 Å². The van der Waals surface area contributed by atoms with Crippen LogP contribution in [0.25, 0.3) is 0 Å². The number of aromatic nitrogens is 1. The SMILES string of the molecule is CCCCN1CCCC[C@@H]1c1cccnc1NC1CCC1. The molecule has 21 heavy (non-hydrogen) atoms. The van der Waals surface area contributed by atoms with Crippen LogP contribution in [0.1, 0.15) is 69.9 Å². The number of hydrogen-bond donors (Lipinski definition) is 1. The topological polar surface area (TPSA) is 28.2 Å².